The number of fused-ring (bicyclic) bond motifs is 1. The fourth-order valence-corrected chi connectivity index (χ4v) is 3.90. The van der Waals surface area contributed by atoms with E-state index in [2.05, 4.69) is 15.9 Å². The van der Waals surface area contributed by atoms with E-state index in [1.54, 1.807) is 18.2 Å². The first-order chi connectivity index (χ1) is 12.3. The Hall–Kier alpha value is -2.52. The zero-order valence-electron chi connectivity index (χ0n) is 13.1. The van der Waals surface area contributed by atoms with Gasteiger partial charge in [-0.3, -0.25) is 4.79 Å². The predicted octanol–water partition coefficient (Wildman–Crippen LogP) is 2.19. The molecule has 0 spiro atoms. The first-order valence-corrected chi connectivity index (χ1v) is 8.16. The smallest absolute Gasteiger partial charge is 0.395 e. The molecule has 2 N–H and O–H groups in total. The molecule has 1 unspecified atom stereocenters. The van der Waals surface area contributed by atoms with E-state index in [9.17, 15) is 28.6 Å². The Labute approximate surface area is 154 Å². The summed E-state index contributed by atoms with van der Waals surface area (Å²) >= 11 is 3.33. The molecule has 0 amide bonds. The van der Waals surface area contributed by atoms with E-state index in [-0.39, 0.29) is 18.4 Å². The highest BCUT2D eigenvalue weighted by Gasteiger charge is 2.48. The van der Waals surface area contributed by atoms with Gasteiger partial charge in [0.15, 0.2) is 11.6 Å². The van der Waals surface area contributed by atoms with Gasteiger partial charge in [0.1, 0.15) is 5.75 Å². The third-order valence-electron chi connectivity index (χ3n) is 4.27. The number of carbonyl (C=O) groups is 2. The second-order valence-corrected chi connectivity index (χ2v) is 6.58. The largest absolute Gasteiger partial charge is 0.508 e. The van der Waals surface area contributed by atoms with E-state index < -0.39 is 35.4 Å². The summed E-state index contributed by atoms with van der Waals surface area (Å²) in [7, 11) is 0. The monoisotopic (exact) mass is 427 g/mol. The number of benzene rings is 2. The summed E-state index contributed by atoms with van der Waals surface area (Å²) in [6.07, 6.45) is -0.0222. The first-order valence-electron chi connectivity index (χ1n) is 7.37. The minimum atomic E-state index is -1.43. The lowest BCUT2D eigenvalue weighted by Gasteiger charge is -2.29. The summed E-state index contributed by atoms with van der Waals surface area (Å²) in [5.41, 5.74) is -0.802. The van der Waals surface area contributed by atoms with Gasteiger partial charge in [-0.05, 0) is 18.2 Å². The number of aldehydes is 1. The number of nitrogens with zero attached hydrogens (tertiary/aromatic N) is 1. The molecule has 0 radical (unpaired) electrons. The molecule has 6 nitrogen and oxygen atoms in total. The first kappa shape index (κ1) is 18.3. The average Bonchev–Trinajstić information content (AvgIpc) is 2.94. The minimum absolute atomic E-state index is 0.0222. The zero-order valence-corrected chi connectivity index (χ0v) is 14.7. The fourth-order valence-electron chi connectivity index (χ4n) is 3.17. The van der Waals surface area contributed by atoms with Crippen LogP contribution < -0.4 is 5.06 Å². The molecule has 0 saturated carbocycles. The van der Waals surface area contributed by atoms with E-state index in [0.29, 0.717) is 21.8 Å². The molecule has 2 aromatic rings. The zero-order chi connectivity index (χ0) is 19.1. The van der Waals surface area contributed by atoms with Crippen molar-refractivity contribution in [2.24, 2.45) is 0 Å². The van der Waals surface area contributed by atoms with Crippen LogP contribution in [0.25, 0.3) is 0 Å². The number of aliphatic hydroxyl groups excluding tert-OH is 1. The minimum Gasteiger partial charge on any atom is -0.508 e. The number of aromatic hydroxyl groups is 1. The van der Waals surface area contributed by atoms with Gasteiger partial charge in [-0.25, -0.2) is 18.6 Å². The van der Waals surface area contributed by atoms with Crippen LogP contribution in [0.15, 0.2) is 34.8 Å². The highest BCUT2D eigenvalue weighted by atomic mass is 79.9. The number of rotatable bonds is 4. The lowest BCUT2D eigenvalue weighted by atomic mass is 9.76. The number of phenols is 1. The Morgan fingerprint density at radius 2 is 2.04 bits per heavy atom. The molecule has 0 aromatic heterocycles. The van der Waals surface area contributed by atoms with Gasteiger partial charge in [-0.15, -0.1) is 0 Å². The predicted molar refractivity (Wildman–Crippen MR) is 89.5 cm³/mol. The lowest BCUT2D eigenvalue weighted by Crippen LogP contribution is -2.39. The van der Waals surface area contributed by atoms with Crippen LogP contribution in [0.5, 0.6) is 5.75 Å². The SMILES string of the molecule is O=CC(=O)ON1CC(CO)(c2cc(F)c(F)cc2O)c2c(Br)cccc21. The molecule has 0 saturated heterocycles. The van der Waals surface area contributed by atoms with Gasteiger partial charge in [0.05, 0.1) is 24.3 Å². The molecule has 0 fully saturated rings. The molecule has 9 heteroatoms. The van der Waals surface area contributed by atoms with Crippen molar-refractivity contribution in [1.82, 2.24) is 0 Å². The number of hydroxylamine groups is 1. The van der Waals surface area contributed by atoms with Gasteiger partial charge in [0.25, 0.3) is 0 Å². The van der Waals surface area contributed by atoms with Crippen LogP contribution in [0.1, 0.15) is 11.1 Å². The van der Waals surface area contributed by atoms with Crippen LogP contribution in [0.2, 0.25) is 0 Å². The van der Waals surface area contributed by atoms with Crippen molar-refractivity contribution in [2.45, 2.75) is 5.41 Å². The molecule has 1 aliphatic rings. The summed E-state index contributed by atoms with van der Waals surface area (Å²) in [5.74, 6) is -4.18. The molecule has 1 aliphatic heterocycles. The second kappa shape index (κ2) is 6.65. The third-order valence-corrected chi connectivity index (χ3v) is 4.93. The Bertz CT molecular complexity index is 907. The molecule has 26 heavy (non-hydrogen) atoms. The van der Waals surface area contributed by atoms with Gasteiger partial charge in [-0.2, -0.15) is 0 Å². The highest BCUT2D eigenvalue weighted by molar-refractivity contribution is 9.10. The summed E-state index contributed by atoms with van der Waals surface area (Å²) in [6, 6.07) is 6.23. The molecular formula is C17H12BrF2NO5. The second-order valence-electron chi connectivity index (χ2n) is 5.72. The number of hydrogen-bond donors (Lipinski definition) is 2. The Morgan fingerprint density at radius 3 is 2.69 bits per heavy atom. The average molecular weight is 428 g/mol. The van der Waals surface area contributed by atoms with Crippen LogP contribution in [0.4, 0.5) is 14.5 Å². The number of carbonyl (C=O) groups excluding carboxylic acids is 2. The highest BCUT2D eigenvalue weighted by Crippen LogP contribution is 2.50. The Balaban J connectivity index is 2.24. The van der Waals surface area contributed by atoms with Crippen molar-refractivity contribution in [3.63, 3.8) is 0 Å². The summed E-state index contributed by atoms with van der Waals surface area (Å²) in [6.45, 7) is -0.837. The topological polar surface area (TPSA) is 87.1 Å². The molecule has 2 aromatic carbocycles. The maximum atomic E-state index is 13.8. The number of phenolic OH excluding ortho intramolecular Hbond substituents is 1. The maximum Gasteiger partial charge on any atom is 0.395 e. The van der Waals surface area contributed by atoms with Crippen molar-refractivity contribution in [3.8, 4) is 5.75 Å². The summed E-state index contributed by atoms with van der Waals surface area (Å²) < 4.78 is 27.7. The van der Waals surface area contributed by atoms with Crippen molar-refractivity contribution < 1.29 is 33.4 Å². The number of aliphatic hydroxyl groups is 1. The van der Waals surface area contributed by atoms with Gasteiger partial charge in [0.2, 0.25) is 6.29 Å². The Kier molecular flexibility index (Phi) is 4.68. The van der Waals surface area contributed by atoms with Crippen molar-refractivity contribution >= 4 is 33.9 Å². The van der Waals surface area contributed by atoms with Crippen molar-refractivity contribution in [2.75, 3.05) is 18.2 Å². The normalized spacial score (nSPS) is 18.5. The quantitative estimate of drug-likeness (QED) is 0.574. The van der Waals surface area contributed by atoms with E-state index in [1.165, 1.54) is 0 Å². The molecule has 1 heterocycles. The van der Waals surface area contributed by atoms with Crippen LogP contribution in [-0.4, -0.2) is 35.6 Å². The third kappa shape index (κ3) is 2.73. The maximum absolute atomic E-state index is 13.8. The van der Waals surface area contributed by atoms with E-state index in [0.717, 1.165) is 11.1 Å². The van der Waals surface area contributed by atoms with Gasteiger partial charge >= 0.3 is 5.97 Å². The standard InChI is InChI=1S/C17H12BrF2NO5/c18-10-2-1-3-13-16(10)17(8-23,7-21(13)26-15(25)6-22)9-4-11(19)12(20)5-14(9)24/h1-6,23-24H,7-8H2. The molecule has 3 rings (SSSR count). The van der Waals surface area contributed by atoms with Crippen LogP contribution in [0, 0.1) is 11.6 Å². The number of anilines is 1. The fraction of sp³-hybridized carbons (Fsp3) is 0.176. The van der Waals surface area contributed by atoms with Crippen molar-refractivity contribution in [3.05, 3.63) is 57.6 Å². The van der Waals surface area contributed by atoms with Gasteiger partial charge in [0, 0.05) is 21.7 Å². The van der Waals surface area contributed by atoms with Crippen LogP contribution in [-0.2, 0) is 19.8 Å². The van der Waals surface area contributed by atoms with E-state index in [4.69, 9.17) is 4.84 Å². The van der Waals surface area contributed by atoms with Crippen LogP contribution in [0.3, 0.4) is 0 Å². The van der Waals surface area contributed by atoms with Gasteiger partial charge in [-0.1, -0.05) is 22.0 Å². The van der Waals surface area contributed by atoms with Crippen molar-refractivity contribution in [1.29, 1.82) is 0 Å². The lowest BCUT2D eigenvalue weighted by molar-refractivity contribution is -0.149. The molecule has 0 aliphatic carbocycles. The summed E-state index contributed by atoms with van der Waals surface area (Å²) in [4.78, 5) is 27.0. The molecule has 0 bridgehead atoms. The summed E-state index contributed by atoms with van der Waals surface area (Å²) in [5, 5.41) is 21.4. The molecular weight excluding hydrogens is 416 g/mol. The van der Waals surface area contributed by atoms with E-state index >= 15 is 0 Å². The molecule has 136 valence electrons. The number of hydrogen-bond acceptors (Lipinski definition) is 6. The Morgan fingerprint density at radius 1 is 1.35 bits per heavy atom. The van der Waals surface area contributed by atoms with Crippen LogP contribution >= 0.6 is 15.9 Å². The molecule has 1 atom stereocenters. The number of halogens is 3. The van der Waals surface area contributed by atoms with Gasteiger partial charge < -0.3 is 15.1 Å². The van der Waals surface area contributed by atoms with E-state index in [1.807, 2.05) is 0 Å².